The van der Waals surface area contributed by atoms with Crippen LogP contribution in [0.1, 0.15) is 43.3 Å². The van der Waals surface area contributed by atoms with Gasteiger partial charge in [-0.05, 0) is 44.4 Å². The van der Waals surface area contributed by atoms with Crippen molar-refractivity contribution in [3.8, 4) is 0 Å². The molecule has 1 unspecified atom stereocenters. The molecule has 152 valence electrons. The Kier molecular flexibility index (Phi) is 5.79. The van der Waals surface area contributed by atoms with Crippen molar-refractivity contribution in [2.75, 3.05) is 13.6 Å². The maximum atomic E-state index is 4.77. The van der Waals surface area contributed by atoms with Gasteiger partial charge in [-0.25, -0.2) is 0 Å². The van der Waals surface area contributed by atoms with Crippen molar-refractivity contribution in [2.24, 2.45) is 4.99 Å². The van der Waals surface area contributed by atoms with E-state index in [4.69, 9.17) is 10.1 Å². The minimum atomic E-state index is 0.364. The first-order valence-corrected chi connectivity index (χ1v) is 10.5. The zero-order chi connectivity index (χ0) is 20.2. The fourth-order valence-electron chi connectivity index (χ4n) is 3.84. The lowest BCUT2D eigenvalue weighted by Gasteiger charge is -2.24. The molecule has 2 N–H and O–H groups in total. The van der Waals surface area contributed by atoms with Crippen molar-refractivity contribution in [2.45, 2.75) is 51.6 Å². The Balaban J connectivity index is 1.30. The van der Waals surface area contributed by atoms with E-state index in [-0.39, 0.29) is 0 Å². The number of fused-ring (bicyclic) bond motifs is 2. The first kappa shape index (κ1) is 19.4. The number of nitrogens with zero attached hydrogens (tertiary/aromatic N) is 4. The number of aliphatic imine (C=N–C) groups is 1. The molecule has 0 saturated carbocycles. The van der Waals surface area contributed by atoms with E-state index in [0.29, 0.717) is 12.1 Å². The Morgan fingerprint density at radius 3 is 2.93 bits per heavy atom. The number of aryl methyl sites for hydroxylation is 1. The van der Waals surface area contributed by atoms with Gasteiger partial charge in [0.2, 0.25) is 0 Å². The quantitative estimate of drug-likeness (QED) is 0.518. The molecule has 1 aliphatic carbocycles. The summed E-state index contributed by atoms with van der Waals surface area (Å²) < 4.78 is 2.08. The summed E-state index contributed by atoms with van der Waals surface area (Å²) in [4.78, 5) is 9.15. The Morgan fingerprint density at radius 1 is 1.24 bits per heavy atom. The van der Waals surface area contributed by atoms with Crippen LogP contribution in [-0.2, 0) is 19.3 Å². The molecule has 2 heterocycles. The van der Waals surface area contributed by atoms with Gasteiger partial charge in [0.05, 0.1) is 11.2 Å². The van der Waals surface area contributed by atoms with E-state index in [1.54, 1.807) is 0 Å². The van der Waals surface area contributed by atoms with E-state index in [0.717, 1.165) is 49.4 Å². The second kappa shape index (κ2) is 8.64. The summed E-state index contributed by atoms with van der Waals surface area (Å²) in [6, 6.07) is 13.2. The van der Waals surface area contributed by atoms with Gasteiger partial charge in [0.25, 0.3) is 0 Å². The van der Waals surface area contributed by atoms with Crippen LogP contribution in [0.15, 0.2) is 47.6 Å². The van der Waals surface area contributed by atoms with Crippen LogP contribution in [-0.4, -0.2) is 40.4 Å². The average Bonchev–Trinajstić information content (AvgIpc) is 3.17. The lowest BCUT2D eigenvalue weighted by Crippen LogP contribution is -2.46. The summed E-state index contributed by atoms with van der Waals surface area (Å²) in [6.45, 7) is 5.14. The van der Waals surface area contributed by atoms with Gasteiger partial charge in [-0.1, -0.05) is 24.3 Å². The molecule has 29 heavy (non-hydrogen) atoms. The Bertz CT molecular complexity index is 1000. The molecule has 6 heteroatoms. The van der Waals surface area contributed by atoms with Crippen LogP contribution in [0.4, 0.5) is 0 Å². The Labute approximate surface area is 172 Å². The maximum absolute atomic E-state index is 4.77. The van der Waals surface area contributed by atoms with E-state index in [2.05, 4.69) is 64.6 Å². The Hall–Kier alpha value is -2.89. The van der Waals surface area contributed by atoms with E-state index >= 15 is 0 Å². The fraction of sp³-hybridized carbons (Fsp3) is 0.435. The zero-order valence-electron chi connectivity index (χ0n) is 17.5. The highest BCUT2D eigenvalue weighted by Crippen LogP contribution is 2.21. The minimum absolute atomic E-state index is 0.364. The minimum Gasteiger partial charge on any atom is -0.356 e. The number of rotatable bonds is 5. The third-order valence-electron chi connectivity index (χ3n) is 5.52. The molecule has 0 spiro atoms. The predicted molar refractivity (Wildman–Crippen MR) is 118 cm³/mol. The molecule has 0 bridgehead atoms. The summed E-state index contributed by atoms with van der Waals surface area (Å²) in [6.07, 6.45) is 6.18. The summed E-state index contributed by atoms with van der Waals surface area (Å²) in [7, 11) is 1.82. The molecule has 0 amide bonds. The number of pyridine rings is 1. The average molecular weight is 391 g/mol. The van der Waals surface area contributed by atoms with E-state index < -0.39 is 0 Å². The molecule has 4 rings (SSSR count). The molecule has 0 fully saturated rings. The predicted octanol–water partition coefficient (Wildman–Crippen LogP) is 3.28. The van der Waals surface area contributed by atoms with Crippen LogP contribution in [0.25, 0.3) is 10.9 Å². The highest BCUT2D eigenvalue weighted by Gasteiger charge is 2.22. The summed E-state index contributed by atoms with van der Waals surface area (Å²) in [5, 5.41) is 13.0. The van der Waals surface area contributed by atoms with E-state index in [1.807, 2.05) is 19.2 Å². The van der Waals surface area contributed by atoms with Crippen molar-refractivity contribution in [1.82, 2.24) is 25.4 Å². The number of guanidine groups is 1. The standard InChI is InChI=1S/C23H30N6/c1-16(2)29-15-18-9-11-20(14-22(18)28-29)27-23(24-3)25-13-12-19-10-8-17-6-4-5-7-21(17)26-19/h4-8,10,15-16,20H,9,11-14H2,1-3H3,(H2,24,25,27). The van der Waals surface area contributed by atoms with Crippen LogP contribution in [0, 0.1) is 0 Å². The fourth-order valence-corrected chi connectivity index (χ4v) is 3.84. The molecule has 3 aromatic rings. The van der Waals surface area contributed by atoms with Crippen LogP contribution in [0.5, 0.6) is 0 Å². The van der Waals surface area contributed by atoms with Gasteiger partial charge < -0.3 is 10.6 Å². The van der Waals surface area contributed by atoms with Crippen molar-refractivity contribution in [3.05, 3.63) is 59.5 Å². The molecule has 1 aliphatic rings. The molecule has 0 radical (unpaired) electrons. The summed E-state index contributed by atoms with van der Waals surface area (Å²) in [5.74, 6) is 0.850. The maximum Gasteiger partial charge on any atom is 0.191 e. The zero-order valence-corrected chi connectivity index (χ0v) is 17.5. The molecule has 1 atom stereocenters. The van der Waals surface area contributed by atoms with E-state index in [9.17, 15) is 0 Å². The van der Waals surface area contributed by atoms with Crippen molar-refractivity contribution in [1.29, 1.82) is 0 Å². The Morgan fingerprint density at radius 2 is 2.10 bits per heavy atom. The second-order valence-electron chi connectivity index (χ2n) is 8.00. The number of benzene rings is 1. The normalized spacial score (nSPS) is 16.8. The van der Waals surface area contributed by atoms with Gasteiger partial charge in [0.1, 0.15) is 0 Å². The van der Waals surface area contributed by atoms with Gasteiger partial charge in [-0.3, -0.25) is 14.7 Å². The number of aromatic nitrogens is 3. The van der Waals surface area contributed by atoms with Crippen molar-refractivity contribution >= 4 is 16.9 Å². The third-order valence-corrected chi connectivity index (χ3v) is 5.52. The second-order valence-corrected chi connectivity index (χ2v) is 8.00. The summed E-state index contributed by atoms with van der Waals surface area (Å²) >= 11 is 0. The summed E-state index contributed by atoms with van der Waals surface area (Å²) in [5.41, 5.74) is 4.75. The highest BCUT2D eigenvalue weighted by atomic mass is 15.3. The molecule has 0 aliphatic heterocycles. The van der Waals surface area contributed by atoms with Crippen LogP contribution >= 0.6 is 0 Å². The van der Waals surface area contributed by atoms with Crippen LogP contribution < -0.4 is 10.6 Å². The van der Waals surface area contributed by atoms with Crippen molar-refractivity contribution < 1.29 is 0 Å². The first-order valence-electron chi connectivity index (χ1n) is 10.5. The largest absolute Gasteiger partial charge is 0.356 e. The highest BCUT2D eigenvalue weighted by molar-refractivity contribution is 5.80. The van der Waals surface area contributed by atoms with E-state index in [1.165, 1.54) is 16.6 Å². The lowest BCUT2D eigenvalue weighted by molar-refractivity contribution is 0.499. The smallest absolute Gasteiger partial charge is 0.191 e. The SMILES string of the molecule is CN=C(NCCc1ccc2ccccc2n1)NC1CCc2cn(C(C)C)nc2C1. The first-order chi connectivity index (χ1) is 14.1. The molecular formula is C23H30N6. The van der Waals surface area contributed by atoms with Gasteiger partial charge >= 0.3 is 0 Å². The monoisotopic (exact) mass is 390 g/mol. The topological polar surface area (TPSA) is 67.1 Å². The molecule has 1 aromatic carbocycles. The number of nitrogens with one attached hydrogen (secondary N) is 2. The van der Waals surface area contributed by atoms with Gasteiger partial charge in [-0.15, -0.1) is 0 Å². The molecule has 0 saturated heterocycles. The number of para-hydroxylation sites is 1. The van der Waals surface area contributed by atoms with Crippen molar-refractivity contribution in [3.63, 3.8) is 0 Å². The van der Waals surface area contributed by atoms with Crippen LogP contribution in [0.3, 0.4) is 0 Å². The van der Waals surface area contributed by atoms with Gasteiger partial charge in [0, 0.05) is 55.8 Å². The number of hydrogen-bond acceptors (Lipinski definition) is 3. The molecular weight excluding hydrogens is 360 g/mol. The third kappa shape index (κ3) is 4.58. The van der Waals surface area contributed by atoms with Gasteiger partial charge in [-0.2, -0.15) is 5.10 Å². The number of hydrogen-bond donors (Lipinski definition) is 2. The molecule has 2 aromatic heterocycles. The lowest BCUT2D eigenvalue weighted by atomic mass is 9.94. The van der Waals surface area contributed by atoms with Gasteiger partial charge in [0.15, 0.2) is 5.96 Å². The van der Waals surface area contributed by atoms with Crippen LogP contribution in [0.2, 0.25) is 0 Å². The molecule has 6 nitrogen and oxygen atoms in total.